The van der Waals surface area contributed by atoms with Gasteiger partial charge in [0.1, 0.15) is 0 Å². The van der Waals surface area contributed by atoms with Gasteiger partial charge in [-0.1, -0.05) is 24.3 Å². The number of urea groups is 1. The van der Waals surface area contributed by atoms with Gasteiger partial charge in [-0.15, -0.1) is 0 Å². The molecule has 2 aromatic carbocycles. The van der Waals surface area contributed by atoms with Gasteiger partial charge in [-0.2, -0.15) is 0 Å². The van der Waals surface area contributed by atoms with Crippen LogP contribution in [0.15, 0.2) is 48.5 Å². The van der Waals surface area contributed by atoms with Crippen LogP contribution in [0.3, 0.4) is 0 Å². The van der Waals surface area contributed by atoms with Crippen molar-refractivity contribution in [1.29, 1.82) is 0 Å². The predicted molar refractivity (Wildman–Crippen MR) is 99.0 cm³/mol. The van der Waals surface area contributed by atoms with E-state index < -0.39 is 0 Å². The average molecular weight is 338 g/mol. The molecule has 2 aromatic rings. The van der Waals surface area contributed by atoms with E-state index in [0.717, 1.165) is 17.8 Å². The summed E-state index contributed by atoms with van der Waals surface area (Å²) in [5.41, 5.74) is 3.40. The van der Waals surface area contributed by atoms with Crippen LogP contribution in [0, 0.1) is 0 Å². The zero-order valence-corrected chi connectivity index (χ0v) is 14.5. The first-order valence-electron chi connectivity index (χ1n) is 8.25. The second-order valence-corrected chi connectivity index (χ2v) is 6.06. The average Bonchev–Trinajstić information content (AvgIpc) is 2.81. The van der Waals surface area contributed by atoms with Crippen molar-refractivity contribution in [3.63, 3.8) is 0 Å². The summed E-state index contributed by atoms with van der Waals surface area (Å²) in [6, 6.07) is 14.9. The third-order valence-corrected chi connectivity index (χ3v) is 4.36. The highest BCUT2D eigenvalue weighted by Crippen LogP contribution is 2.24. The minimum absolute atomic E-state index is 0.167. The van der Waals surface area contributed by atoms with E-state index in [4.69, 9.17) is 0 Å². The molecule has 0 unspecified atom stereocenters. The summed E-state index contributed by atoms with van der Waals surface area (Å²) in [4.78, 5) is 28.4. The quantitative estimate of drug-likeness (QED) is 0.884. The van der Waals surface area contributed by atoms with E-state index in [1.807, 2.05) is 25.2 Å². The van der Waals surface area contributed by atoms with Crippen LogP contribution in [-0.4, -0.2) is 44.0 Å². The van der Waals surface area contributed by atoms with Crippen molar-refractivity contribution in [3.8, 4) is 0 Å². The van der Waals surface area contributed by atoms with E-state index in [1.54, 1.807) is 36.2 Å². The number of likely N-dealkylation sites (N-methyl/N-ethyl adjacent to an activating group) is 1. The number of rotatable bonds is 2. The molecule has 1 heterocycles. The number of carbonyl (C=O) groups excluding carboxylic acids is 2. The summed E-state index contributed by atoms with van der Waals surface area (Å²) >= 11 is 0. The van der Waals surface area contributed by atoms with Crippen LogP contribution in [0.5, 0.6) is 0 Å². The molecule has 0 fully saturated rings. The largest absolute Gasteiger partial charge is 0.373 e. The minimum Gasteiger partial charge on any atom is -0.373 e. The Morgan fingerprint density at radius 3 is 2.64 bits per heavy atom. The van der Waals surface area contributed by atoms with Gasteiger partial charge in [0.05, 0.1) is 0 Å². The van der Waals surface area contributed by atoms with Crippen molar-refractivity contribution in [2.75, 3.05) is 37.4 Å². The van der Waals surface area contributed by atoms with Gasteiger partial charge in [0.15, 0.2) is 0 Å². The predicted octanol–water partition coefficient (Wildman–Crippen LogP) is 2.53. The Morgan fingerprint density at radius 2 is 1.84 bits per heavy atom. The first kappa shape index (κ1) is 16.8. The lowest BCUT2D eigenvalue weighted by Crippen LogP contribution is -2.37. The lowest BCUT2D eigenvalue weighted by molar-refractivity contribution is 0.0963. The van der Waals surface area contributed by atoms with Crippen LogP contribution < -0.4 is 15.5 Å². The van der Waals surface area contributed by atoms with Gasteiger partial charge in [0, 0.05) is 50.7 Å². The fourth-order valence-electron chi connectivity index (χ4n) is 2.95. The normalized spacial score (nSPS) is 13.7. The van der Waals surface area contributed by atoms with Crippen molar-refractivity contribution < 1.29 is 9.59 Å². The smallest absolute Gasteiger partial charge is 0.322 e. The number of carbonyl (C=O) groups is 2. The molecule has 25 heavy (non-hydrogen) atoms. The number of nitrogens with one attached hydrogen (secondary N) is 2. The molecule has 0 radical (unpaired) electrons. The van der Waals surface area contributed by atoms with E-state index in [2.05, 4.69) is 21.6 Å². The molecule has 130 valence electrons. The maximum atomic E-state index is 12.7. The van der Waals surface area contributed by atoms with E-state index in [9.17, 15) is 9.59 Å². The summed E-state index contributed by atoms with van der Waals surface area (Å²) in [6.45, 7) is 1.95. The molecule has 3 amide bonds. The van der Waals surface area contributed by atoms with Crippen LogP contribution in [0.25, 0.3) is 0 Å². The van der Waals surface area contributed by atoms with Gasteiger partial charge in [0.25, 0.3) is 5.91 Å². The molecule has 6 nitrogen and oxygen atoms in total. The van der Waals surface area contributed by atoms with Crippen LogP contribution in [-0.2, 0) is 6.54 Å². The van der Waals surface area contributed by atoms with E-state index in [-0.39, 0.29) is 11.9 Å². The number of anilines is 2. The molecule has 6 heteroatoms. The van der Waals surface area contributed by atoms with Crippen LogP contribution in [0.2, 0.25) is 0 Å². The highest BCUT2D eigenvalue weighted by Gasteiger charge is 2.21. The topological polar surface area (TPSA) is 64.7 Å². The highest BCUT2D eigenvalue weighted by molar-refractivity contribution is 5.96. The summed E-state index contributed by atoms with van der Waals surface area (Å²) in [6.07, 6.45) is 0. The van der Waals surface area contributed by atoms with Crippen LogP contribution in [0.4, 0.5) is 16.2 Å². The number of hydrogen-bond donors (Lipinski definition) is 2. The number of nitrogens with zero attached hydrogens (tertiary/aromatic N) is 2. The van der Waals surface area contributed by atoms with Gasteiger partial charge in [-0.3, -0.25) is 4.79 Å². The summed E-state index contributed by atoms with van der Waals surface area (Å²) in [5, 5.41) is 5.47. The lowest BCUT2D eigenvalue weighted by atomic mass is 10.1. The Bertz CT molecular complexity index is 790. The molecule has 0 aliphatic carbocycles. The molecule has 0 saturated heterocycles. The molecule has 1 aliphatic heterocycles. The molecule has 2 N–H and O–H groups in total. The second kappa shape index (κ2) is 7.25. The number of benzene rings is 2. The molecular formula is C19H22N4O2. The van der Waals surface area contributed by atoms with Crippen molar-refractivity contribution in [2.45, 2.75) is 6.54 Å². The van der Waals surface area contributed by atoms with Gasteiger partial charge < -0.3 is 20.4 Å². The number of para-hydroxylation sites is 1. The summed E-state index contributed by atoms with van der Waals surface area (Å²) in [7, 11) is 3.62. The van der Waals surface area contributed by atoms with Crippen LogP contribution in [0.1, 0.15) is 15.9 Å². The number of fused-ring (bicyclic) bond motifs is 1. The Balaban J connectivity index is 1.75. The molecule has 3 rings (SSSR count). The van der Waals surface area contributed by atoms with Crippen LogP contribution >= 0.6 is 0 Å². The number of amides is 3. The maximum Gasteiger partial charge on any atom is 0.322 e. The van der Waals surface area contributed by atoms with Crippen molar-refractivity contribution in [3.05, 3.63) is 59.7 Å². The Hall–Kier alpha value is -3.02. The third kappa shape index (κ3) is 3.74. The second-order valence-electron chi connectivity index (χ2n) is 6.06. The van der Waals surface area contributed by atoms with Crippen molar-refractivity contribution in [2.24, 2.45) is 0 Å². The van der Waals surface area contributed by atoms with Gasteiger partial charge in [-0.05, 0) is 29.8 Å². The first-order valence-corrected chi connectivity index (χ1v) is 8.25. The molecule has 0 atom stereocenters. The Morgan fingerprint density at radius 1 is 1.04 bits per heavy atom. The zero-order chi connectivity index (χ0) is 17.8. The summed E-state index contributed by atoms with van der Waals surface area (Å²) < 4.78 is 0. The van der Waals surface area contributed by atoms with E-state index in [0.29, 0.717) is 24.3 Å². The molecular weight excluding hydrogens is 316 g/mol. The van der Waals surface area contributed by atoms with E-state index in [1.165, 1.54) is 0 Å². The molecule has 0 bridgehead atoms. The Kier molecular flexibility index (Phi) is 4.88. The van der Waals surface area contributed by atoms with Gasteiger partial charge in [0.2, 0.25) is 0 Å². The molecule has 0 spiro atoms. The monoisotopic (exact) mass is 338 g/mol. The van der Waals surface area contributed by atoms with E-state index >= 15 is 0 Å². The Labute approximate surface area is 147 Å². The zero-order valence-electron chi connectivity index (χ0n) is 14.5. The molecule has 1 aliphatic rings. The van der Waals surface area contributed by atoms with Crippen molar-refractivity contribution >= 4 is 23.3 Å². The summed E-state index contributed by atoms with van der Waals surface area (Å²) in [5.74, 6) is -0.179. The maximum absolute atomic E-state index is 12.7. The standard InChI is InChI=1S/C19H22N4O2/c1-20-18(24)14-7-5-8-16(12-14)21-19(25)23-11-10-22(2)17-9-4-3-6-15(17)13-23/h3-9,12H,10-11,13H2,1-2H3,(H,20,24)(H,21,25). The van der Waals surface area contributed by atoms with Gasteiger partial charge >= 0.3 is 6.03 Å². The third-order valence-electron chi connectivity index (χ3n) is 4.36. The first-order chi connectivity index (χ1) is 12.1. The minimum atomic E-state index is -0.179. The fraction of sp³-hybridized carbons (Fsp3) is 0.263. The molecule has 0 aromatic heterocycles. The molecule has 0 saturated carbocycles. The highest BCUT2D eigenvalue weighted by atomic mass is 16.2. The van der Waals surface area contributed by atoms with Gasteiger partial charge in [-0.25, -0.2) is 4.79 Å². The SMILES string of the molecule is CNC(=O)c1cccc(NC(=O)N2CCN(C)c3ccccc3C2)c1. The fourth-order valence-corrected chi connectivity index (χ4v) is 2.95. The lowest BCUT2D eigenvalue weighted by Gasteiger charge is -2.21. The number of hydrogen-bond acceptors (Lipinski definition) is 3. The van der Waals surface area contributed by atoms with Crippen molar-refractivity contribution in [1.82, 2.24) is 10.2 Å².